The SMILES string of the molecule is COc1cc(C(=O)OCc2cc(F)ccc2Br)ccc1N. The fourth-order valence-corrected chi connectivity index (χ4v) is 2.08. The van der Waals surface area contributed by atoms with E-state index in [0.29, 0.717) is 27.0 Å². The van der Waals surface area contributed by atoms with Crippen LogP contribution >= 0.6 is 15.9 Å². The van der Waals surface area contributed by atoms with Crippen molar-refractivity contribution in [1.82, 2.24) is 0 Å². The number of esters is 1. The average Bonchev–Trinajstić information content (AvgIpc) is 2.48. The molecule has 0 aliphatic rings. The first-order valence-electron chi connectivity index (χ1n) is 6.06. The lowest BCUT2D eigenvalue weighted by atomic mass is 10.2. The molecule has 0 aliphatic heterocycles. The van der Waals surface area contributed by atoms with Crippen molar-refractivity contribution in [2.45, 2.75) is 6.61 Å². The molecule has 0 fully saturated rings. The Morgan fingerprint density at radius 1 is 1.29 bits per heavy atom. The summed E-state index contributed by atoms with van der Waals surface area (Å²) in [5.41, 5.74) is 6.97. The number of methoxy groups -OCH3 is 1. The number of anilines is 1. The van der Waals surface area contributed by atoms with E-state index in [4.69, 9.17) is 15.2 Å². The molecule has 0 heterocycles. The van der Waals surface area contributed by atoms with E-state index in [9.17, 15) is 9.18 Å². The van der Waals surface area contributed by atoms with Crippen LogP contribution in [0.2, 0.25) is 0 Å². The summed E-state index contributed by atoms with van der Waals surface area (Å²) < 4.78 is 24.0. The number of ether oxygens (including phenoxy) is 2. The van der Waals surface area contributed by atoms with E-state index in [1.54, 1.807) is 18.2 Å². The van der Waals surface area contributed by atoms with Crippen molar-refractivity contribution in [3.05, 3.63) is 57.8 Å². The molecule has 0 aromatic heterocycles. The highest BCUT2D eigenvalue weighted by Crippen LogP contribution is 2.23. The van der Waals surface area contributed by atoms with Crippen LogP contribution in [-0.2, 0) is 11.3 Å². The molecule has 0 saturated carbocycles. The quantitative estimate of drug-likeness (QED) is 0.674. The fourth-order valence-electron chi connectivity index (χ4n) is 1.72. The van der Waals surface area contributed by atoms with Crippen LogP contribution < -0.4 is 10.5 Å². The number of carbonyl (C=O) groups excluding carboxylic acids is 1. The first-order valence-corrected chi connectivity index (χ1v) is 6.85. The number of nitrogens with two attached hydrogens (primary N) is 1. The number of nitrogen functional groups attached to an aromatic ring is 1. The molecule has 110 valence electrons. The van der Waals surface area contributed by atoms with Gasteiger partial charge in [0.1, 0.15) is 18.2 Å². The number of rotatable bonds is 4. The number of carbonyl (C=O) groups is 1. The zero-order valence-electron chi connectivity index (χ0n) is 11.2. The summed E-state index contributed by atoms with van der Waals surface area (Å²) >= 11 is 3.27. The molecule has 0 unspecified atom stereocenters. The van der Waals surface area contributed by atoms with Gasteiger partial charge in [0, 0.05) is 10.0 Å². The normalized spacial score (nSPS) is 10.2. The van der Waals surface area contributed by atoms with Gasteiger partial charge in [-0.05, 0) is 36.4 Å². The molecule has 0 bridgehead atoms. The number of benzene rings is 2. The van der Waals surface area contributed by atoms with Crippen molar-refractivity contribution in [3.8, 4) is 5.75 Å². The Kier molecular flexibility index (Phi) is 4.80. The number of hydrogen-bond acceptors (Lipinski definition) is 4. The molecule has 6 heteroatoms. The topological polar surface area (TPSA) is 61.5 Å². The Morgan fingerprint density at radius 2 is 2.05 bits per heavy atom. The van der Waals surface area contributed by atoms with Gasteiger partial charge in [-0.3, -0.25) is 0 Å². The highest BCUT2D eigenvalue weighted by Gasteiger charge is 2.11. The largest absolute Gasteiger partial charge is 0.495 e. The summed E-state index contributed by atoms with van der Waals surface area (Å²) in [6.45, 7) is -0.0378. The minimum absolute atomic E-state index is 0.0378. The Morgan fingerprint density at radius 3 is 2.76 bits per heavy atom. The van der Waals surface area contributed by atoms with Crippen LogP contribution in [-0.4, -0.2) is 13.1 Å². The van der Waals surface area contributed by atoms with Crippen LogP contribution in [0.15, 0.2) is 40.9 Å². The van der Waals surface area contributed by atoms with Gasteiger partial charge in [-0.15, -0.1) is 0 Å². The molecule has 0 radical (unpaired) electrons. The molecule has 0 saturated heterocycles. The summed E-state index contributed by atoms with van der Waals surface area (Å²) in [4.78, 5) is 12.0. The van der Waals surface area contributed by atoms with Gasteiger partial charge in [0.15, 0.2) is 0 Å². The Bertz CT molecular complexity index is 676. The van der Waals surface area contributed by atoms with Gasteiger partial charge in [0.2, 0.25) is 0 Å². The average molecular weight is 354 g/mol. The monoisotopic (exact) mass is 353 g/mol. The lowest BCUT2D eigenvalue weighted by molar-refractivity contribution is 0.0471. The number of halogens is 2. The van der Waals surface area contributed by atoms with E-state index in [2.05, 4.69) is 15.9 Å². The first kappa shape index (κ1) is 15.3. The zero-order valence-corrected chi connectivity index (χ0v) is 12.8. The third-order valence-corrected chi connectivity index (χ3v) is 3.61. The minimum atomic E-state index is -0.538. The highest BCUT2D eigenvalue weighted by atomic mass is 79.9. The summed E-state index contributed by atoms with van der Waals surface area (Å²) in [6.07, 6.45) is 0. The Labute approximate surface area is 129 Å². The van der Waals surface area contributed by atoms with Crippen molar-refractivity contribution in [2.24, 2.45) is 0 Å². The molecule has 2 N–H and O–H groups in total. The van der Waals surface area contributed by atoms with Crippen molar-refractivity contribution < 1.29 is 18.7 Å². The maximum Gasteiger partial charge on any atom is 0.338 e. The third-order valence-electron chi connectivity index (χ3n) is 2.84. The smallest absolute Gasteiger partial charge is 0.338 e. The van der Waals surface area contributed by atoms with Gasteiger partial charge in [-0.1, -0.05) is 15.9 Å². The van der Waals surface area contributed by atoms with Crippen LogP contribution in [0.25, 0.3) is 0 Å². The van der Waals surface area contributed by atoms with Crippen LogP contribution in [0.1, 0.15) is 15.9 Å². The third kappa shape index (κ3) is 3.72. The summed E-state index contributed by atoms with van der Waals surface area (Å²) in [5, 5.41) is 0. The van der Waals surface area contributed by atoms with Crippen LogP contribution in [0.3, 0.4) is 0 Å². The molecule has 2 aromatic carbocycles. The number of hydrogen-bond donors (Lipinski definition) is 1. The molecule has 2 aromatic rings. The van der Waals surface area contributed by atoms with Gasteiger partial charge in [0.05, 0.1) is 18.4 Å². The van der Waals surface area contributed by atoms with Gasteiger partial charge in [0.25, 0.3) is 0 Å². The predicted molar refractivity (Wildman–Crippen MR) is 80.6 cm³/mol. The molecule has 0 aliphatic carbocycles. The fraction of sp³-hybridized carbons (Fsp3) is 0.133. The Balaban J connectivity index is 2.10. The van der Waals surface area contributed by atoms with Gasteiger partial charge in [-0.2, -0.15) is 0 Å². The molecular formula is C15H13BrFNO3. The van der Waals surface area contributed by atoms with Crippen LogP contribution in [0.4, 0.5) is 10.1 Å². The Hall–Kier alpha value is -2.08. The maximum atomic E-state index is 13.1. The second-order valence-electron chi connectivity index (χ2n) is 4.27. The van der Waals surface area contributed by atoms with Crippen molar-refractivity contribution in [3.63, 3.8) is 0 Å². The molecule has 0 atom stereocenters. The molecule has 4 nitrogen and oxygen atoms in total. The standard InChI is InChI=1S/C15H13BrFNO3/c1-20-14-7-9(2-5-13(14)18)15(19)21-8-10-6-11(17)3-4-12(10)16/h2-7H,8,18H2,1H3. The molecule has 0 spiro atoms. The predicted octanol–water partition coefficient (Wildman–Crippen LogP) is 3.54. The van der Waals surface area contributed by atoms with Crippen molar-refractivity contribution >= 4 is 27.6 Å². The van der Waals surface area contributed by atoms with E-state index in [1.807, 2.05) is 0 Å². The summed E-state index contributed by atoms with van der Waals surface area (Å²) in [7, 11) is 1.46. The van der Waals surface area contributed by atoms with Crippen LogP contribution in [0, 0.1) is 5.82 Å². The zero-order chi connectivity index (χ0) is 15.4. The van der Waals surface area contributed by atoms with Crippen molar-refractivity contribution in [2.75, 3.05) is 12.8 Å². The summed E-state index contributed by atoms with van der Waals surface area (Å²) in [6, 6.07) is 8.79. The van der Waals surface area contributed by atoms with E-state index in [-0.39, 0.29) is 6.61 Å². The lowest BCUT2D eigenvalue weighted by Crippen LogP contribution is -2.06. The minimum Gasteiger partial charge on any atom is -0.495 e. The van der Waals surface area contributed by atoms with Gasteiger partial charge < -0.3 is 15.2 Å². The van der Waals surface area contributed by atoms with E-state index in [0.717, 1.165) is 0 Å². The van der Waals surface area contributed by atoms with Gasteiger partial charge >= 0.3 is 5.97 Å². The summed E-state index contributed by atoms with van der Waals surface area (Å²) in [5.74, 6) is -0.528. The van der Waals surface area contributed by atoms with E-state index < -0.39 is 11.8 Å². The molecule has 2 rings (SSSR count). The van der Waals surface area contributed by atoms with Gasteiger partial charge in [-0.25, -0.2) is 9.18 Å². The maximum absolute atomic E-state index is 13.1. The molecule has 21 heavy (non-hydrogen) atoms. The van der Waals surface area contributed by atoms with Crippen molar-refractivity contribution in [1.29, 1.82) is 0 Å². The van der Waals surface area contributed by atoms with E-state index in [1.165, 1.54) is 25.3 Å². The molecule has 0 amide bonds. The lowest BCUT2D eigenvalue weighted by Gasteiger charge is -2.09. The van der Waals surface area contributed by atoms with Crippen LogP contribution in [0.5, 0.6) is 5.75 Å². The second kappa shape index (κ2) is 6.58. The highest BCUT2D eigenvalue weighted by molar-refractivity contribution is 9.10. The first-order chi connectivity index (χ1) is 10.0. The van der Waals surface area contributed by atoms with E-state index >= 15 is 0 Å². The second-order valence-corrected chi connectivity index (χ2v) is 5.12. The molecular weight excluding hydrogens is 341 g/mol.